The van der Waals surface area contributed by atoms with Crippen molar-refractivity contribution in [1.82, 2.24) is 0 Å². The van der Waals surface area contributed by atoms with E-state index in [0.717, 1.165) is 10.0 Å². The van der Waals surface area contributed by atoms with Crippen LogP contribution >= 0.6 is 28.3 Å². The van der Waals surface area contributed by atoms with Gasteiger partial charge in [0.05, 0.1) is 0 Å². The highest BCUT2D eigenvalue weighted by molar-refractivity contribution is 9.10. The number of benzene rings is 1. The highest BCUT2D eigenvalue weighted by atomic mass is 79.9. The zero-order valence-electron chi connectivity index (χ0n) is 8.03. The first-order chi connectivity index (χ1) is 6.50. The van der Waals surface area contributed by atoms with Crippen molar-refractivity contribution in [2.24, 2.45) is 16.5 Å². The fourth-order valence-electron chi connectivity index (χ4n) is 0.908. The number of carbonyl (C=O) groups is 1. The third-order valence-corrected chi connectivity index (χ3v) is 2.50. The lowest BCUT2D eigenvalue weighted by Gasteiger charge is -2.00. The molecule has 15 heavy (non-hydrogen) atoms. The Kier molecular flexibility index (Phi) is 5.32. The van der Waals surface area contributed by atoms with Gasteiger partial charge in [-0.2, -0.15) is 4.99 Å². The minimum atomic E-state index is -0.439. The minimum Gasteiger partial charge on any atom is -0.370 e. The van der Waals surface area contributed by atoms with Crippen molar-refractivity contribution in [3.8, 4) is 0 Å². The molecule has 0 aromatic heterocycles. The van der Waals surface area contributed by atoms with E-state index < -0.39 is 5.91 Å². The van der Waals surface area contributed by atoms with E-state index in [0.29, 0.717) is 5.56 Å². The Labute approximate surface area is 102 Å². The molecule has 0 radical (unpaired) electrons. The monoisotopic (exact) mass is 291 g/mol. The van der Waals surface area contributed by atoms with Gasteiger partial charge >= 0.3 is 0 Å². The lowest BCUT2D eigenvalue weighted by atomic mass is 10.1. The summed E-state index contributed by atoms with van der Waals surface area (Å²) in [6, 6.07) is 5.18. The Balaban J connectivity index is 0.00000196. The van der Waals surface area contributed by atoms with E-state index in [1.165, 1.54) is 0 Å². The molecule has 0 atom stereocenters. The number of aliphatic imine (C=N–C) groups is 1. The number of rotatable bonds is 1. The molecule has 0 unspecified atom stereocenters. The fourth-order valence-corrected chi connectivity index (χ4v) is 1.29. The molecule has 0 fully saturated rings. The maximum absolute atomic E-state index is 11.4. The molecule has 82 valence electrons. The minimum absolute atomic E-state index is 0. The van der Waals surface area contributed by atoms with Gasteiger partial charge in [0.25, 0.3) is 5.91 Å². The number of nitrogens with two attached hydrogens (primary N) is 2. The van der Waals surface area contributed by atoms with Crippen LogP contribution in [0.1, 0.15) is 15.9 Å². The van der Waals surface area contributed by atoms with Crippen LogP contribution in [0, 0.1) is 6.92 Å². The standard InChI is InChI=1S/C9H10BrN3O.ClH/c1-5-2-3-6(4-7(5)10)8(14)13-9(11)12;/h2-4H,1H3,(H4,11,12,13,14);1H. The number of carbonyl (C=O) groups excluding carboxylic acids is 1. The van der Waals surface area contributed by atoms with E-state index >= 15 is 0 Å². The number of amides is 1. The van der Waals surface area contributed by atoms with Gasteiger partial charge in [0.2, 0.25) is 0 Å². The van der Waals surface area contributed by atoms with Crippen LogP contribution < -0.4 is 11.5 Å². The van der Waals surface area contributed by atoms with Gasteiger partial charge in [-0.05, 0) is 24.6 Å². The first-order valence-electron chi connectivity index (χ1n) is 3.91. The van der Waals surface area contributed by atoms with Gasteiger partial charge < -0.3 is 11.5 Å². The second kappa shape index (κ2) is 5.72. The van der Waals surface area contributed by atoms with Crippen molar-refractivity contribution in [2.45, 2.75) is 6.92 Å². The molecule has 0 saturated heterocycles. The Bertz CT molecular complexity index is 402. The van der Waals surface area contributed by atoms with Gasteiger partial charge in [0.15, 0.2) is 5.96 Å². The van der Waals surface area contributed by atoms with E-state index in [1.54, 1.807) is 12.1 Å². The number of halogens is 2. The van der Waals surface area contributed by atoms with Crippen molar-refractivity contribution in [3.05, 3.63) is 33.8 Å². The van der Waals surface area contributed by atoms with Crippen LogP contribution in [-0.4, -0.2) is 11.9 Å². The molecule has 0 heterocycles. The summed E-state index contributed by atoms with van der Waals surface area (Å²) in [5.74, 6) is -0.669. The fraction of sp³-hybridized carbons (Fsp3) is 0.111. The van der Waals surface area contributed by atoms with Crippen LogP contribution in [0.15, 0.2) is 27.7 Å². The molecule has 0 aliphatic carbocycles. The summed E-state index contributed by atoms with van der Waals surface area (Å²) in [7, 11) is 0. The van der Waals surface area contributed by atoms with Gasteiger partial charge in [-0.3, -0.25) is 4.79 Å². The molecule has 4 nitrogen and oxygen atoms in total. The lowest BCUT2D eigenvalue weighted by molar-refractivity contribution is 0.100. The molecule has 0 saturated carbocycles. The van der Waals surface area contributed by atoms with Crippen LogP contribution in [0.25, 0.3) is 0 Å². The molecule has 0 aliphatic rings. The van der Waals surface area contributed by atoms with Crippen LogP contribution in [0.2, 0.25) is 0 Å². The zero-order valence-corrected chi connectivity index (χ0v) is 10.4. The first-order valence-corrected chi connectivity index (χ1v) is 4.70. The van der Waals surface area contributed by atoms with Crippen LogP contribution in [-0.2, 0) is 0 Å². The van der Waals surface area contributed by atoms with Crippen molar-refractivity contribution >= 4 is 40.2 Å². The summed E-state index contributed by atoms with van der Waals surface area (Å²) in [5.41, 5.74) is 11.7. The topological polar surface area (TPSA) is 81.5 Å². The SMILES string of the molecule is Cc1ccc(C(=O)N=C(N)N)cc1Br.Cl. The molecule has 6 heteroatoms. The van der Waals surface area contributed by atoms with Crippen molar-refractivity contribution in [2.75, 3.05) is 0 Å². The molecule has 1 aromatic carbocycles. The van der Waals surface area contributed by atoms with Crippen LogP contribution in [0.5, 0.6) is 0 Å². The van der Waals surface area contributed by atoms with Gasteiger partial charge in [-0.15, -0.1) is 12.4 Å². The van der Waals surface area contributed by atoms with Crippen LogP contribution in [0.4, 0.5) is 0 Å². The molecular weight excluding hydrogens is 281 g/mol. The highest BCUT2D eigenvalue weighted by Gasteiger charge is 2.05. The number of aryl methyl sites for hydroxylation is 1. The predicted molar refractivity (Wildman–Crippen MR) is 66.3 cm³/mol. The van der Waals surface area contributed by atoms with E-state index in [1.807, 2.05) is 13.0 Å². The number of hydrogen-bond donors (Lipinski definition) is 2. The molecule has 4 N–H and O–H groups in total. The summed E-state index contributed by atoms with van der Waals surface area (Å²) in [6.45, 7) is 1.93. The number of hydrogen-bond acceptors (Lipinski definition) is 1. The van der Waals surface area contributed by atoms with Gasteiger partial charge in [-0.25, -0.2) is 0 Å². The Hall–Kier alpha value is -1.07. The van der Waals surface area contributed by atoms with Gasteiger partial charge in [-0.1, -0.05) is 22.0 Å². The second-order valence-electron chi connectivity index (χ2n) is 2.81. The third-order valence-electron chi connectivity index (χ3n) is 1.65. The molecule has 1 rings (SSSR count). The summed E-state index contributed by atoms with van der Waals surface area (Å²) in [5, 5.41) is 0. The second-order valence-corrected chi connectivity index (χ2v) is 3.66. The van der Waals surface area contributed by atoms with Gasteiger partial charge in [0.1, 0.15) is 0 Å². The average molecular weight is 293 g/mol. The maximum atomic E-state index is 11.4. The summed E-state index contributed by atoms with van der Waals surface area (Å²) >= 11 is 3.32. The average Bonchev–Trinajstić information content (AvgIpc) is 2.08. The van der Waals surface area contributed by atoms with E-state index in [2.05, 4.69) is 20.9 Å². The highest BCUT2D eigenvalue weighted by Crippen LogP contribution is 2.17. The Morgan fingerprint density at radius 2 is 2.00 bits per heavy atom. The zero-order chi connectivity index (χ0) is 10.7. The smallest absolute Gasteiger partial charge is 0.280 e. The largest absolute Gasteiger partial charge is 0.370 e. The lowest BCUT2D eigenvalue weighted by Crippen LogP contribution is -2.24. The molecule has 0 aliphatic heterocycles. The summed E-state index contributed by atoms with van der Waals surface area (Å²) in [4.78, 5) is 14.8. The Morgan fingerprint density at radius 3 is 2.47 bits per heavy atom. The number of guanidine groups is 1. The molecular formula is C9H11BrClN3O. The van der Waals surface area contributed by atoms with E-state index in [9.17, 15) is 4.79 Å². The maximum Gasteiger partial charge on any atom is 0.280 e. The molecule has 1 amide bonds. The molecule has 0 spiro atoms. The summed E-state index contributed by atoms with van der Waals surface area (Å²) < 4.78 is 0.856. The third kappa shape index (κ3) is 3.89. The van der Waals surface area contributed by atoms with Crippen LogP contribution in [0.3, 0.4) is 0 Å². The quantitative estimate of drug-likeness (QED) is 0.609. The Morgan fingerprint density at radius 1 is 1.40 bits per heavy atom. The predicted octanol–water partition coefficient (Wildman–Crippen LogP) is 1.59. The van der Waals surface area contributed by atoms with Crippen molar-refractivity contribution in [1.29, 1.82) is 0 Å². The van der Waals surface area contributed by atoms with E-state index in [-0.39, 0.29) is 18.4 Å². The first kappa shape index (κ1) is 13.9. The van der Waals surface area contributed by atoms with Crippen molar-refractivity contribution in [3.63, 3.8) is 0 Å². The number of nitrogens with zero attached hydrogens (tertiary/aromatic N) is 1. The van der Waals surface area contributed by atoms with Gasteiger partial charge in [0, 0.05) is 10.0 Å². The van der Waals surface area contributed by atoms with Crippen molar-refractivity contribution < 1.29 is 4.79 Å². The summed E-state index contributed by atoms with van der Waals surface area (Å²) in [6.07, 6.45) is 0. The molecule has 1 aromatic rings. The van der Waals surface area contributed by atoms with E-state index in [4.69, 9.17) is 11.5 Å². The molecule has 0 bridgehead atoms. The normalized spacial score (nSPS) is 8.93.